The van der Waals surface area contributed by atoms with Crippen molar-refractivity contribution in [2.75, 3.05) is 0 Å². The molecule has 2 atom stereocenters. The van der Waals surface area contributed by atoms with Crippen LogP contribution in [0.3, 0.4) is 0 Å². The Morgan fingerprint density at radius 3 is 2.87 bits per heavy atom. The average molecular weight is 314 g/mol. The van der Waals surface area contributed by atoms with Crippen LogP contribution in [0.5, 0.6) is 11.5 Å². The molecule has 4 nitrogen and oxygen atoms in total. The Hall–Kier alpha value is -2.23. The molecular weight excluding hydrogens is 292 g/mol. The van der Waals surface area contributed by atoms with Crippen molar-refractivity contribution in [1.82, 2.24) is 0 Å². The van der Waals surface area contributed by atoms with E-state index in [4.69, 9.17) is 4.74 Å². The zero-order chi connectivity index (χ0) is 16.7. The number of aromatic carboxylic acids is 1. The summed E-state index contributed by atoms with van der Waals surface area (Å²) in [6, 6.07) is 1.77. The summed E-state index contributed by atoms with van der Waals surface area (Å²) in [5.41, 5.74) is 2.47. The fourth-order valence-electron chi connectivity index (χ4n) is 3.75. The van der Waals surface area contributed by atoms with Crippen LogP contribution in [0.4, 0.5) is 0 Å². The predicted octanol–water partition coefficient (Wildman–Crippen LogP) is 4.39. The Morgan fingerprint density at radius 1 is 1.48 bits per heavy atom. The van der Waals surface area contributed by atoms with Crippen LogP contribution < -0.4 is 4.74 Å². The summed E-state index contributed by atoms with van der Waals surface area (Å²) in [5.74, 6) is 0.0481. The number of benzene rings is 1. The molecule has 0 radical (unpaired) electrons. The van der Waals surface area contributed by atoms with Gasteiger partial charge in [0.25, 0.3) is 0 Å². The first-order valence-corrected chi connectivity index (χ1v) is 8.10. The van der Waals surface area contributed by atoms with Crippen molar-refractivity contribution in [3.05, 3.63) is 46.7 Å². The van der Waals surface area contributed by atoms with Crippen molar-refractivity contribution >= 4 is 5.97 Å². The van der Waals surface area contributed by atoms with Gasteiger partial charge in [0.1, 0.15) is 22.8 Å². The minimum absolute atomic E-state index is 0.0112. The van der Waals surface area contributed by atoms with Crippen molar-refractivity contribution in [1.29, 1.82) is 0 Å². The molecule has 0 bridgehead atoms. The van der Waals surface area contributed by atoms with E-state index in [1.165, 1.54) is 5.57 Å². The minimum Gasteiger partial charge on any atom is -0.507 e. The predicted molar refractivity (Wildman–Crippen MR) is 88.1 cm³/mol. The Kier molecular flexibility index (Phi) is 3.92. The van der Waals surface area contributed by atoms with Crippen LogP contribution in [0.25, 0.3) is 0 Å². The molecule has 1 aromatic carbocycles. The van der Waals surface area contributed by atoms with E-state index in [1.54, 1.807) is 6.07 Å². The van der Waals surface area contributed by atoms with E-state index in [9.17, 15) is 15.0 Å². The summed E-state index contributed by atoms with van der Waals surface area (Å²) in [6.07, 6.45) is 5.38. The molecule has 0 unspecified atom stereocenters. The number of carboxylic acids is 1. The van der Waals surface area contributed by atoms with E-state index in [-0.39, 0.29) is 23.1 Å². The van der Waals surface area contributed by atoms with E-state index >= 15 is 0 Å². The maximum Gasteiger partial charge on any atom is 0.339 e. The van der Waals surface area contributed by atoms with Gasteiger partial charge < -0.3 is 14.9 Å². The molecule has 1 aromatic rings. The van der Waals surface area contributed by atoms with Gasteiger partial charge in [0, 0.05) is 17.4 Å². The zero-order valence-corrected chi connectivity index (χ0v) is 13.6. The van der Waals surface area contributed by atoms with Gasteiger partial charge >= 0.3 is 5.97 Å². The van der Waals surface area contributed by atoms with Crippen molar-refractivity contribution in [3.8, 4) is 11.5 Å². The van der Waals surface area contributed by atoms with Crippen LogP contribution in [0, 0.1) is 5.92 Å². The largest absolute Gasteiger partial charge is 0.507 e. The fourth-order valence-corrected chi connectivity index (χ4v) is 3.75. The molecule has 1 aliphatic carbocycles. The highest BCUT2D eigenvalue weighted by Gasteiger charge is 2.38. The van der Waals surface area contributed by atoms with Gasteiger partial charge in [-0.1, -0.05) is 31.6 Å². The maximum atomic E-state index is 11.7. The van der Waals surface area contributed by atoms with Crippen LogP contribution in [-0.2, 0) is 6.42 Å². The molecule has 0 aromatic heterocycles. The lowest BCUT2D eigenvalue weighted by molar-refractivity contribution is 0.0692. The summed E-state index contributed by atoms with van der Waals surface area (Å²) in [6.45, 7) is 8.08. The third-order valence-corrected chi connectivity index (χ3v) is 4.85. The van der Waals surface area contributed by atoms with E-state index in [2.05, 4.69) is 19.6 Å². The van der Waals surface area contributed by atoms with Crippen molar-refractivity contribution in [2.45, 2.75) is 45.4 Å². The summed E-state index contributed by atoms with van der Waals surface area (Å²) in [7, 11) is 0. The number of hydrogen-bond donors (Lipinski definition) is 2. The van der Waals surface area contributed by atoms with Crippen LogP contribution in [0.15, 0.2) is 30.1 Å². The summed E-state index contributed by atoms with van der Waals surface area (Å²) in [4.78, 5) is 11.7. The molecule has 0 saturated carbocycles. The monoisotopic (exact) mass is 314 g/mol. The van der Waals surface area contributed by atoms with E-state index < -0.39 is 5.97 Å². The lowest BCUT2D eigenvalue weighted by atomic mass is 9.73. The molecule has 2 N–H and O–H groups in total. The molecule has 0 spiro atoms. The number of rotatable bonds is 3. The summed E-state index contributed by atoms with van der Waals surface area (Å²) < 4.78 is 5.86. The number of allylic oxidation sites excluding steroid dienone is 3. The number of carboxylic acid groups (broad SMARTS) is 1. The number of aromatic hydroxyl groups is 1. The number of hydrogen-bond acceptors (Lipinski definition) is 3. The maximum absolute atomic E-state index is 11.7. The smallest absolute Gasteiger partial charge is 0.339 e. The average Bonchev–Trinajstić information content (AvgIpc) is 2.46. The molecular formula is C19H22O4. The number of phenols is 1. The number of ether oxygens (including phenoxy) is 1. The SMILES string of the molecule is C=C1Oc2cc(CCC)c(C(=O)O)c(O)c2[C@@H]2C=C(C)CC[C@@H]12. The van der Waals surface area contributed by atoms with Crippen LogP contribution in [-0.4, -0.2) is 16.2 Å². The molecule has 3 rings (SSSR count). The third-order valence-electron chi connectivity index (χ3n) is 4.85. The fraction of sp³-hybridized carbons (Fsp3) is 0.421. The minimum atomic E-state index is -1.09. The quantitative estimate of drug-likeness (QED) is 0.812. The first kappa shape index (κ1) is 15.7. The molecule has 122 valence electrons. The lowest BCUT2D eigenvalue weighted by Crippen LogP contribution is -2.26. The van der Waals surface area contributed by atoms with Gasteiger partial charge in [0.15, 0.2) is 0 Å². The first-order valence-electron chi connectivity index (χ1n) is 8.10. The molecule has 4 heteroatoms. The van der Waals surface area contributed by atoms with Gasteiger partial charge in [0.05, 0.1) is 0 Å². The standard InChI is InChI=1S/C19H22O4/c1-4-5-12-9-15-17(18(20)16(12)19(21)22)14-8-10(2)6-7-13(14)11(3)23-15/h8-9,13-14,20H,3-7H2,1-2H3,(H,21,22)/t13-,14+/m0/s1. The highest BCUT2D eigenvalue weighted by atomic mass is 16.5. The lowest BCUT2D eigenvalue weighted by Gasteiger charge is -2.37. The van der Waals surface area contributed by atoms with Gasteiger partial charge in [-0.3, -0.25) is 0 Å². The summed E-state index contributed by atoms with van der Waals surface area (Å²) in [5, 5.41) is 20.2. The van der Waals surface area contributed by atoms with Crippen LogP contribution in [0.2, 0.25) is 0 Å². The van der Waals surface area contributed by atoms with Gasteiger partial charge in [-0.2, -0.15) is 0 Å². The highest BCUT2D eigenvalue weighted by molar-refractivity contribution is 5.94. The molecule has 0 saturated heterocycles. The van der Waals surface area contributed by atoms with E-state index in [1.807, 2.05) is 6.92 Å². The molecule has 0 fully saturated rings. The molecule has 0 amide bonds. The molecule has 23 heavy (non-hydrogen) atoms. The van der Waals surface area contributed by atoms with Crippen molar-refractivity contribution in [2.24, 2.45) is 5.92 Å². The van der Waals surface area contributed by atoms with Crippen molar-refractivity contribution < 1.29 is 19.7 Å². The second kappa shape index (κ2) is 5.76. The van der Waals surface area contributed by atoms with E-state index in [0.29, 0.717) is 29.1 Å². The number of carbonyl (C=O) groups is 1. The van der Waals surface area contributed by atoms with Gasteiger partial charge in [-0.25, -0.2) is 4.79 Å². The molecule has 1 heterocycles. The molecule has 2 aliphatic rings. The third kappa shape index (κ3) is 2.52. The van der Waals surface area contributed by atoms with Crippen molar-refractivity contribution in [3.63, 3.8) is 0 Å². The van der Waals surface area contributed by atoms with Gasteiger partial charge in [-0.05, 0) is 37.8 Å². The zero-order valence-electron chi connectivity index (χ0n) is 13.6. The van der Waals surface area contributed by atoms with Gasteiger partial charge in [0.2, 0.25) is 0 Å². The second-order valence-corrected chi connectivity index (χ2v) is 6.48. The van der Waals surface area contributed by atoms with Gasteiger partial charge in [-0.15, -0.1) is 0 Å². The number of fused-ring (bicyclic) bond motifs is 3. The van der Waals surface area contributed by atoms with Crippen LogP contribution in [0.1, 0.15) is 60.5 Å². The Morgan fingerprint density at radius 2 is 2.22 bits per heavy atom. The summed E-state index contributed by atoms with van der Waals surface area (Å²) >= 11 is 0. The Bertz CT molecular complexity index is 715. The first-order chi connectivity index (χ1) is 10.9. The van der Waals surface area contributed by atoms with E-state index in [0.717, 1.165) is 19.3 Å². The highest BCUT2D eigenvalue weighted by Crippen LogP contribution is 2.52. The Balaban J connectivity index is 2.24. The normalized spacial score (nSPS) is 22.7. The second-order valence-electron chi connectivity index (χ2n) is 6.48. The number of aryl methyl sites for hydroxylation is 1. The Labute approximate surface area is 136 Å². The van der Waals surface area contributed by atoms with Crippen LogP contribution >= 0.6 is 0 Å². The molecule has 1 aliphatic heterocycles. The topological polar surface area (TPSA) is 66.8 Å².